The number of carbonyl (C=O) groups excluding carboxylic acids is 1. The molecule has 1 aliphatic rings. The predicted molar refractivity (Wildman–Crippen MR) is 138 cm³/mol. The number of methoxy groups -OCH3 is 2. The SMILES string of the molecule is COc1ccc(C(=O)OC(=Cc2c(Cl)cncc2Cl)c2ccc(OC(F)F)c(OCC3CC3)c2)cc1OC. The molecule has 2 aromatic carbocycles. The zero-order chi connectivity index (χ0) is 27.2. The van der Waals surface area contributed by atoms with Crippen LogP contribution in [0.1, 0.15) is 34.3 Å². The molecule has 1 fully saturated rings. The normalized spacial score (nSPS) is 13.3. The molecule has 1 aliphatic carbocycles. The number of hydrogen-bond acceptors (Lipinski definition) is 7. The summed E-state index contributed by atoms with van der Waals surface area (Å²) < 4.78 is 52.7. The van der Waals surface area contributed by atoms with E-state index in [0.29, 0.717) is 35.2 Å². The van der Waals surface area contributed by atoms with E-state index in [1.807, 2.05) is 0 Å². The lowest BCUT2D eigenvalue weighted by Crippen LogP contribution is -2.08. The van der Waals surface area contributed by atoms with Crippen LogP contribution in [0.25, 0.3) is 11.8 Å². The molecule has 0 radical (unpaired) electrons. The van der Waals surface area contributed by atoms with Crippen molar-refractivity contribution in [1.29, 1.82) is 0 Å². The summed E-state index contributed by atoms with van der Waals surface area (Å²) in [5.74, 6) is 0.348. The van der Waals surface area contributed by atoms with Crippen molar-refractivity contribution in [3.05, 3.63) is 75.5 Å². The summed E-state index contributed by atoms with van der Waals surface area (Å²) in [5.41, 5.74) is 0.838. The molecule has 1 aromatic heterocycles. The first kappa shape index (κ1) is 27.5. The first-order chi connectivity index (χ1) is 18.3. The highest BCUT2D eigenvalue weighted by atomic mass is 35.5. The summed E-state index contributed by atoms with van der Waals surface area (Å²) in [6.07, 6.45) is 6.22. The van der Waals surface area contributed by atoms with E-state index in [2.05, 4.69) is 9.72 Å². The number of rotatable bonds is 11. The van der Waals surface area contributed by atoms with Crippen molar-refractivity contribution >= 4 is 41.0 Å². The van der Waals surface area contributed by atoms with Crippen LogP contribution in [0.3, 0.4) is 0 Å². The van der Waals surface area contributed by atoms with Crippen LogP contribution in [0.5, 0.6) is 23.0 Å². The molecular weight excluding hydrogens is 543 g/mol. The number of ether oxygens (including phenoxy) is 5. The van der Waals surface area contributed by atoms with E-state index >= 15 is 0 Å². The maximum absolute atomic E-state index is 13.2. The topological polar surface area (TPSA) is 76.1 Å². The molecule has 0 saturated heterocycles. The zero-order valence-electron chi connectivity index (χ0n) is 20.4. The van der Waals surface area contributed by atoms with Crippen LogP contribution in [0, 0.1) is 5.92 Å². The second-order valence-corrected chi connectivity index (χ2v) is 9.09. The molecule has 0 aliphatic heterocycles. The summed E-state index contributed by atoms with van der Waals surface area (Å²) in [5, 5.41) is 0.417. The summed E-state index contributed by atoms with van der Waals surface area (Å²) in [7, 11) is 2.92. The van der Waals surface area contributed by atoms with Gasteiger partial charge in [0.25, 0.3) is 0 Å². The first-order valence-electron chi connectivity index (χ1n) is 11.5. The highest BCUT2D eigenvalue weighted by molar-refractivity contribution is 6.37. The molecule has 11 heteroatoms. The van der Waals surface area contributed by atoms with Crippen molar-refractivity contribution < 1.29 is 37.3 Å². The maximum Gasteiger partial charge on any atom is 0.387 e. The molecule has 3 aromatic rings. The molecule has 200 valence electrons. The van der Waals surface area contributed by atoms with Crippen molar-refractivity contribution in [2.24, 2.45) is 5.92 Å². The van der Waals surface area contributed by atoms with Crippen molar-refractivity contribution in [3.63, 3.8) is 0 Å². The second kappa shape index (κ2) is 12.3. The lowest BCUT2D eigenvalue weighted by atomic mass is 10.1. The minimum atomic E-state index is -3.04. The fourth-order valence-corrected chi connectivity index (χ4v) is 3.92. The van der Waals surface area contributed by atoms with Crippen LogP contribution in [-0.2, 0) is 4.74 Å². The van der Waals surface area contributed by atoms with Gasteiger partial charge in [-0.15, -0.1) is 0 Å². The van der Waals surface area contributed by atoms with Gasteiger partial charge in [0.2, 0.25) is 0 Å². The lowest BCUT2D eigenvalue weighted by molar-refractivity contribution is -0.0515. The molecular formula is C27H23Cl2F2NO6. The molecule has 0 atom stereocenters. The molecule has 1 heterocycles. The number of nitrogens with zero attached hydrogens (tertiary/aromatic N) is 1. The van der Waals surface area contributed by atoms with Gasteiger partial charge in [0.05, 0.1) is 36.4 Å². The van der Waals surface area contributed by atoms with Crippen LogP contribution >= 0.6 is 23.2 Å². The Hall–Kier alpha value is -3.56. The summed E-state index contributed by atoms with van der Waals surface area (Å²) in [4.78, 5) is 17.1. The van der Waals surface area contributed by atoms with Gasteiger partial charge in [-0.1, -0.05) is 23.2 Å². The van der Waals surface area contributed by atoms with Crippen molar-refractivity contribution in [3.8, 4) is 23.0 Å². The second-order valence-electron chi connectivity index (χ2n) is 8.28. The van der Waals surface area contributed by atoms with E-state index < -0.39 is 12.6 Å². The Kier molecular flexibility index (Phi) is 8.91. The largest absolute Gasteiger partial charge is 0.493 e. The van der Waals surface area contributed by atoms with E-state index in [4.69, 9.17) is 42.1 Å². The fraction of sp³-hybridized carbons (Fsp3) is 0.259. The number of halogens is 4. The highest BCUT2D eigenvalue weighted by Gasteiger charge is 2.24. The smallest absolute Gasteiger partial charge is 0.387 e. The van der Waals surface area contributed by atoms with E-state index in [1.54, 1.807) is 6.07 Å². The first-order valence-corrected chi connectivity index (χ1v) is 12.2. The minimum absolute atomic E-state index is 0.0275. The summed E-state index contributed by atoms with van der Waals surface area (Å²) >= 11 is 12.6. The maximum atomic E-state index is 13.2. The van der Waals surface area contributed by atoms with Crippen molar-refractivity contribution in [2.45, 2.75) is 19.5 Å². The van der Waals surface area contributed by atoms with Gasteiger partial charge < -0.3 is 23.7 Å². The number of aromatic nitrogens is 1. The molecule has 0 spiro atoms. The minimum Gasteiger partial charge on any atom is -0.493 e. The Morgan fingerprint density at radius 3 is 2.24 bits per heavy atom. The molecule has 38 heavy (non-hydrogen) atoms. The molecule has 0 bridgehead atoms. The Balaban J connectivity index is 1.75. The van der Waals surface area contributed by atoms with Gasteiger partial charge in [0, 0.05) is 23.5 Å². The van der Waals surface area contributed by atoms with E-state index in [1.165, 1.54) is 63.0 Å². The monoisotopic (exact) mass is 565 g/mol. The molecule has 4 rings (SSSR count). The van der Waals surface area contributed by atoms with Crippen LogP contribution in [0.4, 0.5) is 8.78 Å². The Labute approximate surface area is 227 Å². The van der Waals surface area contributed by atoms with Crippen molar-refractivity contribution in [2.75, 3.05) is 20.8 Å². The van der Waals surface area contributed by atoms with Gasteiger partial charge >= 0.3 is 12.6 Å². The van der Waals surface area contributed by atoms with Gasteiger partial charge in [-0.25, -0.2) is 4.79 Å². The standard InChI is InChI=1S/C27H23Cl2F2NO6/c1-34-21-7-6-17(10-24(21)35-2)26(33)37-23(11-18-19(28)12-32-13-20(18)29)16-5-8-22(38-27(30)31)25(9-16)36-14-15-3-4-15/h5-13,15,27H,3-4,14H2,1-2H3. The van der Waals surface area contributed by atoms with Crippen molar-refractivity contribution in [1.82, 2.24) is 4.98 Å². The number of hydrogen-bond donors (Lipinski definition) is 0. The number of pyridine rings is 1. The van der Waals surface area contributed by atoms with E-state index in [9.17, 15) is 13.6 Å². The molecule has 7 nitrogen and oxygen atoms in total. The van der Waals surface area contributed by atoms with Gasteiger partial charge in [0.15, 0.2) is 23.0 Å². The molecule has 0 unspecified atom stereocenters. The third-order valence-corrected chi connectivity index (χ3v) is 6.21. The highest BCUT2D eigenvalue weighted by Crippen LogP contribution is 2.37. The molecule has 0 amide bonds. The van der Waals surface area contributed by atoms with Crippen LogP contribution in [0.15, 0.2) is 48.8 Å². The fourth-order valence-electron chi connectivity index (χ4n) is 3.44. The van der Waals surface area contributed by atoms with Gasteiger partial charge in [-0.05, 0) is 61.2 Å². The Morgan fingerprint density at radius 1 is 0.974 bits per heavy atom. The van der Waals surface area contributed by atoms with Gasteiger partial charge in [-0.3, -0.25) is 4.98 Å². The lowest BCUT2D eigenvalue weighted by Gasteiger charge is -2.16. The summed E-state index contributed by atoms with van der Waals surface area (Å²) in [6.45, 7) is -2.70. The van der Waals surface area contributed by atoms with E-state index in [-0.39, 0.29) is 32.9 Å². The third kappa shape index (κ3) is 6.85. The zero-order valence-corrected chi connectivity index (χ0v) is 21.9. The molecule has 0 N–H and O–H groups in total. The quantitative estimate of drug-likeness (QED) is 0.180. The predicted octanol–water partition coefficient (Wildman–Crippen LogP) is 7.15. The van der Waals surface area contributed by atoms with Crippen LogP contribution in [0.2, 0.25) is 10.0 Å². The number of carbonyl (C=O) groups is 1. The average molecular weight is 566 g/mol. The number of esters is 1. The number of alkyl halides is 2. The van der Waals surface area contributed by atoms with Crippen LogP contribution < -0.4 is 18.9 Å². The van der Waals surface area contributed by atoms with Crippen LogP contribution in [-0.4, -0.2) is 38.4 Å². The number of benzene rings is 2. The van der Waals surface area contributed by atoms with Gasteiger partial charge in [0.1, 0.15) is 5.76 Å². The Morgan fingerprint density at radius 2 is 1.61 bits per heavy atom. The Bertz CT molecular complexity index is 1330. The third-order valence-electron chi connectivity index (χ3n) is 5.60. The molecule has 1 saturated carbocycles. The van der Waals surface area contributed by atoms with E-state index in [0.717, 1.165) is 12.8 Å². The average Bonchev–Trinajstić information content (AvgIpc) is 3.73. The van der Waals surface area contributed by atoms with Gasteiger partial charge in [-0.2, -0.15) is 8.78 Å². The summed E-state index contributed by atoms with van der Waals surface area (Å²) in [6, 6.07) is 8.77.